The van der Waals surface area contributed by atoms with Crippen LogP contribution < -0.4 is 10.1 Å². The van der Waals surface area contributed by atoms with Crippen LogP contribution in [0.2, 0.25) is 5.02 Å². The Morgan fingerprint density at radius 1 is 1.43 bits per heavy atom. The summed E-state index contributed by atoms with van der Waals surface area (Å²) in [6.45, 7) is 6.02. The van der Waals surface area contributed by atoms with Gasteiger partial charge in [-0.05, 0) is 31.5 Å². The van der Waals surface area contributed by atoms with Crippen molar-refractivity contribution in [3.63, 3.8) is 0 Å². The van der Waals surface area contributed by atoms with Crippen LogP contribution in [-0.2, 0) is 0 Å². The first-order valence-electron chi connectivity index (χ1n) is 7.71. The van der Waals surface area contributed by atoms with Crippen LogP contribution in [0.3, 0.4) is 0 Å². The van der Waals surface area contributed by atoms with E-state index in [-0.39, 0.29) is 6.61 Å². The number of likely N-dealkylation sites (N-methyl/N-ethyl adjacent to an activating group) is 1. The fourth-order valence-corrected chi connectivity index (χ4v) is 2.53. The highest BCUT2D eigenvalue weighted by Gasteiger charge is 2.27. The Labute approximate surface area is 132 Å². The van der Waals surface area contributed by atoms with Crippen molar-refractivity contribution in [3.8, 4) is 5.75 Å². The molecule has 1 atom stereocenters. The number of rotatable bonds is 10. The molecule has 1 aromatic carbocycles. The van der Waals surface area contributed by atoms with Gasteiger partial charge in [0.25, 0.3) is 0 Å². The minimum absolute atomic E-state index is 0.247. The van der Waals surface area contributed by atoms with Crippen molar-refractivity contribution in [2.45, 2.75) is 31.9 Å². The van der Waals surface area contributed by atoms with Gasteiger partial charge >= 0.3 is 0 Å². The molecule has 21 heavy (non-hydrogen) atoms. The zero-order valence-corrected chi connectivity index (χ0v) is 13.4. The molecule has 1 aliphatic rings. The van der Waals surface area contributed by atoms with Crippen LogP contribution >= 0.6 is 11.6 Å². The normalized spacial score (nSPS) is 16.2. The predicted molar refractivity (Wildman–Crippen MR) is 86.1 cm³/mol. The van der Waals surface area contributed by atoms with Gasteiger partial charge < -0.3 is 15.2 Å². The molecule has 0 saturated heterocycles. The number of nitrogens with zero attached hydrogens (tertiary/aromatic N) is 1. The highest BCUT2D eigenvalue weighted by molar-refractivity contribution is 6.32. The van der Waals surface area contributed by atoms with Crippen LogP contribution in [0.25, 0.3) is 0 Å². The number of benzene rings is 1. The summed E-state index contributed by atoms with van der Waals surface area (Å²) >= 11 is 5.99. The largest absolute Gasteiger partial charge is 0.489 e. The van der Waals surface area contributed by atoms with Gasteiger partial charge in [-0.25, -0.2) is 0 Å². The number of hydrogen-bond acceptors (Lipinski definition) is 4. The molecule has 5 heteroatoms. The number of halogens is 1. The van der Waals surface area contributed by atoms with Gasteiger partial charge in [-0.3, -0.25) is 4.90 Å². The van der Waals surface area contributed by atoms with Crippen molar-refractivity contribution >= 4 is 11.6 Å². The molecule has 0 bridgehead atoms. The molecule has 118 valence electrons. The summed E-state index contributed by atoms with van der Waals surface area (Å²) in [5, 5.41) is 13.8. The summed E-state index contributed by atoms with van der Waals surface area (Å²) < 4.78 is 5.51. The maximum atomic E-state index is 9.90. The number of aliphatic hydroxyl groups is 1. The summed E-state index contributed by atoms with van der Waals surface area (Å²) in [6.07, 6.45) is 2.14. The van der Waals surface area contributed by atoms with Crippen molar-refractivity contribution in [1.82, 2.24) is 10.2 Å². The van der Waals surface area contributed by atoms with Crippen molar-refractivity contribution in [2.24, 2.45) is 0 Å². The smallest absolute Gasteiger partial charge is 0.138 e. The summed E-state index contributed by atoms with van der Waals surface area (Å²) in [6, 6.07) is 8.09. The van der Waals surface area contributed by atoms with E-state index in [0.29, 0.717) is 17.3 Å². The lowest BCUT2D eigenvalue weighted by Crippen LogP contribution is -2.38. The van der Waals surface area contributed by atoms with E-state index in [4.69, 9.17) is 16.3 Å². The Hall–Kier alpha value is -0.810. The van der Waals surface area contributed by atoms with Crippen molar-refractivity contribution in [3.05, 3.63) is 29.3 Å². The van der Waals surface area contributed by atoms with E-state index in [0.717, 1.165) is 25.7 Å². The van der Waals surface area contributed by atoms with Gasteiger partial charge in [-0.15, -0.1) is 0 Å². The molecule has 0 amide bonds. The SMILES string of the molecule is CCN(CCNCC(O)COc1ccccc1Cl)C1CC1. The quantitative estimate of drug-likeness (QED) is 0.650. The van der Waals surface area contributed by atoms with Gasteiger partial charge in [0.1, 0.15) is 18.5 Å². The van der Waals surface area contributed by atoms with Gasteiger partial charge in [-0.1, -0.05) is 30.7 Å². The van der Waals surface area contributed by atoms with Crippen LogP contribution in [0.15, 0.2) is 24.3 Å². The molecule has 0 aliphatic heterocycles. The third kappa shape index (κ3) is 5.83. The number of aliphatic hydroxyl groups excluding tert-OH is 1. The van der Waals surface area contributed by atoms with Crippen LogP contribution in [0.4, 0.5) is 0 Å². The molecular formula is C16H25ClN2O2. The fraction of sp³-hybridized carbons (Fsp3) is 0.625. The molecule has 0 aromatic heterocycles. The summed E-state index contributed by atoms with van der Waals surface area (Å²) in [5.41, 5.74) is 0. The van der Waals surface area contributed by atoms with Crippen molar-refractivity contribution in [2.75, 3.05) is 32.8 Å². The highest BCUT2D eigenvalue weighted by Crippen LogP contribution is 2.25. The minimum Gasteiger partial charge on any atom is -0.489 e. The first kappa shape index (κ1) is 16.6. The maximum absolute atomic E-state index is 9.90. The van der Waals surface area contributed by atoms with E-state index >= 15 is 0 Å². The van der Waals surface area contributed by atoms with E-state index in [1.807, 2.05) is 12.1 Å². The topological polar surface area (TPSA) is 44.7 Å². The van der Waals surface area contributed by atoms with E-state index in [2.05, 4.69) is 17.1 Å². The lowest BCUT2D eigenvalue weighted by atomic mass is 10.3. The molecule has 0 spiro atoms. The van der Waals surface area contributed by atoms with Crippen molar-refractivity contribution in [1.29, 1.82) is 0 Å². The lowest BCUT2D eigenvalue weighted by molar-refractivity contribution is 0.105. The minimum atomic E-state index is -0.530. The number of nitrogens with one attached hydrogen (secondary N) is 1. The van der Waals surface area contributed by atoms with E-state index < -0.39 is 6.10 Å². The third-order valence-corrected chi connectivity index (χ3v) is 4.01. The Bertz CT molecular complexity index is 426. The van der Waals surface area contributed by atoms with E-state index in [1.165, 1.54) is 12.8 Å². The fourth-order valence-electron chi connectivity index (χ4n) is 2.34. The number of ether oxygens (including phenoxy) is 1. The maximum Gasteiger partial charge on any atom is 0.138 e. The Morgan fingerprint density at radius 2 is 2.19 bits per heavy atom. The molecular weight excluding hydrogens is 288 g/mol. The van der Waals surface area contributed by atoms with Crippen LogP contribution in [0, 0.1) is 0 Å². The average Bonchev–Trinajstić information content (AvgIpc) is 3.31. The predicted octanol–water partition coefficient (Wildman–Crippen LogP) is 2.15. The zero-order valence-electron chi connectivity index (χ0n) is 12.6. The van der Waals surface area contributed by atoms with E-state index in [9.17, 15) is 5.11 Å². The molecule has 2 N–H and O–H groups in total. The Morgan fingerprint density at radius 3 is 2.86 bits per heavy atom. The number of hydrogen-bond donors (Lipinski definition) is 2. The average molecular weight is 313 g/mol. The van der Waals surface area contributed by atoms with E-state index in [1.54, 1.807) is 12.1 Å². The third-order valence-electron chi connectivity index (χ3n) is 3.69. The van der Waals surface area contributed by atoms with Crippen LogP contribution in [-0.4, -0.2) is 54.9 Å². The van der Waals surface area contributed by atoms with Gasteiger partial charge in [0, 0.05) is 25.7 Å². The molecule has 0 radical (unpaired) electrons. The summed E-state index contributed by atoms with van der Waals surface area (Å²) in [5.74, 6) is 0.615. The number of para-hydroxylation sites is 1. The summed E-state index contributed by atoms with van der Waals surface area (Å²) in [4.78, 5) is 2.49. The molecule has 1 unspecified atom stereocenters. The zero-order chi connectivity index (χ0) is 15.1. The molecule has 2 rings (SSSR count). The molecule has 4 nitrogen and oxygen atoms in total. The van der Waals surface area contributed by atoms with Crippen LogP contribution in [0.5, 0.6) is 5.75 Å². The van der Waals surface area contributed by atoms with Gasteiger partial charge in [-0.2, -0.15) is 0 Å². The standard InChI is InChI=1S/C16H25ClN2O2/c1-2-19(13-7-8-13)10-9-18-11-14(20)12-21-16-6-4-3-5-15(16)17/h3-6,13-14,18,20H,2,7-12H2,1H3. The first-order valence-corrected chi connectivity index (χ1v) is 8.08. The second-order valence-corrected chi connectivity index (χ2v) is 5.87. The Balaban J connectivity index is 1.57. The molecule has 1 aliphatic carbocycles. The molecule has 1 aromatic rings. The Kier molecular flexibility index (Phi) is 6.77. The monoisotopic (exact) mass is 312 g/mol. The first-order chi connectivity index (χ1) is 10.2. The second kappa shape index (κ2) is 8.59. The highest BCUT2D eigenvalue weighted by atomic mass is 35.5. The summed E-state index contributed by atoms with van der Waals surface area (Å²) in [7, 11) is 0. The molecule has 1 saturated carbocycles. The van der Waals surface area contributed by atoms with Gasteiger partial charge in [0.15, 0.2) is 0 Å². The second-order valence-electron chi connectivity index (χ2n) is 5.46. The lowest BCUT2D eigenvalue weighted by Gasteiger charge is -2.20. The van der Waals surface area contributed by atoms with Gasteiger partial charge in [0.2, 0.25) is 0 Å². The van der Waals surface area contributed by atoms with Crippen molar-refractivity contribution < 1.29 is 9.84 Å². The molecule has 0 heterocycles. The van der Waals surface area contributed by atoms with Gasteiger partial charge in [0.05, 0.1) is 5.02 Å². The van der Waals surface area contributed by atoms with Crippen LogP contribution in [0.1, 0.15) is 19.8 Å². The molecule has 1 fully saturated rings.